The molecule has 0 atom stereocenters. The van der Waals surface area contributed by atoms with Gasteiger partial charge in [0.25, 0.3) is 0 Å². The summed E-state index contributed by atoms with van der Waals surface area (Å²) >= 11 is 0. The highest BCUT2D eigenvalue weighted by Gasteiger charge is 2.26. The molecule has 0 aliphatic rings. The van der Waals surface area contributed by atoms with Gasteiger partial charge < -0.3 is 26.4 Å². The monoisotopic (exact) mass is 164 g/mol. The minimum atomic E-state index is -0.987. The number of aliphatic hydroxyl groups is 3. The molecule has 0 spiro atoms. The van der Waals surface area contributed by atoms with Gasteiger partial charge in [0.15, 0.2) is 0 Å². The Hall–Kier alpha value is -0.200. The molecule has 0 aliphatic heterocycles. The molecule has 0 saturated carbocycles. The van der Waals surface area contributed by atoms with Gasteiger partial charge in [-0.05, 0) is 0 Å². The highest BCUT2D eigenvalue weighted by atomic mass is 16.3. The van der Waals surface area contributed by atoms with Crippen LogP contribution >= 0.6 is 0 Å². The molecule has 0 aromatic carbocycles. The summed E-state index contributed by atoms with van der Waals surface area (Å²) in [5.41, 5.74) is 4.21. The molecule has 0 fully saturated rings. The summed E-state index contributed by atoms with van der Waals surface area (Å²) in [6.07, 6.45) is 0. The Morgan fingerprint density at radius 3 is 1.82 bits per heavy atom. The van der Waals surface area contributed by atoms with Gasteiger partial charge in [0, 0.05) is 13.1 Å². The maximum atomic E-state index is 8.78. The molecule has 11 heavy (non-hydrogen) atoms. The van der Waals surface area contributed by atoms with Gasteiger partial charge in [0.05, 0.1) is 25.4 Å². The van der Waals surface area contributed by atoms with Crippen molar-refractivity contribution in [1.29, 1.82) is 0 Å². The molecule has 0 unspecified atom stereocenters. The van der Waals surface area contributed by atoms with Crippen LogP contribution in [-0.4, -0.2) is 53.8 Å². The predicted molar refractivity (Wildman–Crippen MR) is 41.0 cm³/mol. The molecule has 5 heteroatoms. The lowest BCUT2D eigenvalue weighted by Crippen LogP contribution is -2.55. The summed E-state index contributed by atoms with van der Waals surface area (Å²) in [6.45, 7) is -0.0522. The van der Waals surface area contributed by atoms with E-state index in [1.54, 1.807) is 0 Å². The minimum Gasteiger partial charge on any atom is -0.394 e. The summed E-state index contributed by atoms with van der Waals surface area (Å²) in [6, 6.07) is 0. The van der Waals surface area contributed by atoms with E-state index in [-0.39, 0.29) is 19.8 Å². The van der Waals surface area contributed by atoms with Crippen molar-refractivity contribution in [2.75, 3.05) is 32.9 Å². The SMILES string of the molecule is NCCNC(CO)(CO)CO. The van der Waals surface area contributed by atoms with Gasteiger partial charge in [-0.2, -0.15) is 0 Å². The first-order chi connectivity index (χ1) is 5.24. The van der Waals surface area contributed by atoms with Crippen LogP contribution in [0.25, 0.3) is 0 Å². The van der Waals surface area contributed by atoms with E-state index in [1.165, 1.54) is 0 Å². The third-order valence-electron chi connectivity index (χ3n) is 1.55. The Morgan fingerprint density at radius 2 is 1.55 bits per heavy atom. The van der Waals surface area contributed by atoms with Crippen molar-refractivity contribution < 1.29 is 15.3 Å². The molecule has 0 rings (SSSR count). The Kier molecular flexibility index (Phi) is 5.35. The molecule has 0 heterocycles. The molecule has 68 valence electrons. The second kappa shape index (κ2) is 5.45. The molecule has 6 N–H and O–H groups in total. The zero-order valence-corrected chi connectivity index (χ0v) is 6.45. The van der Waals surface area contributed by atoms with Crippen LogP contribution in [0.2, 0.25) is 0 Å². The third-order valence-corrected chi connectivity index (χ3v) is 1.55. The van der Waals surface area contributed by atoms with Crippen LogP contribution in [0.4, 0.5) is 0 Å². The van der Waals surface area contributed by atoms with Crippen molar-refractivity contribution in [3.63, 3.8) is 0 Å². The number of hydrogen-bond acceptors (Lipinski definition) is 5. The van der Waals surface area contributed by atoms with Crippen molar-refractivity contribution in [2.45, 2.75) is 5.54 Å². The first-order valence-corrected chi connectivity index (χ1v) is 3.52. The van der Waals surface area contributed by atoms with Crippen molar-refractivity contribution >= 4 is 0 Å². The van der Waals surface area contributed by atoms with Gasteiger partial charge in [-0.1, -0.05) is 0 Å². The lowest BCUT2D eigenvalue weighted by molar-refractivity contribution is 0.0435. The molecule has 0 bridgehead atoms. The van der Waals surface area contributed by atoms with E-state index in [2.05, 4.69) is 5.32 Å². The van der Waals surface area contributed by atoms with Crippen LogP contribution in [0.15, 0.2) is 0 Å². The van der Waals surface area contributed by atoms with E-state index >= 15 is 0 Å². The van der Waals surface area contributed by atoms with Crippen LogP contribution in [0, 0.1) is 0 Å². The Bertz CT molecular complexity index is 87.6. The number of hydrogen-bond donors (Lipinski definition) is 5. The summed E-state index contributed by atoms with van der Waals surface area (Å²) in [7, 11) is 0. The van der Waals surface area contributed by atoms with E-state index in [0.717, 1.165) is 0 Å². The van der Waals surface area contributed by atoms with Crippen LogP contribution in [-0.2, 0) is 0 Å². The van der Waals surface area contributed by atoms with Gasteiger partial charge in [0.2, 0.25) is 0 Å². The minimum absolute atomic E-state index is 0.306. The van der Waals surface area contributed by atoms with Gasteiger partial charge in [0.1, 0.15) is 0 Å². The van der Waals surface area contributed by atoms with Gasteiger partial charge >= 0.3 is 0 Å². The van der Waals surface area contributed by atoms with E-state index in [4.69, 9.17) is 21.1 Å². The summed E-state index contributed by atoms with van der Waals surface area (Å²) in [5.74, 6) is 0. The quantitative estimate of drug-likeness (QED) is 0.293. The molecule has 0 aliphatic carbocycles. The fourth-order valence-electron chi connectivity index (χ4n) is 0.655. The van der Waals surface area contributed by atoms with Gasteiger partial charge in [-0.25, -0.2) is 0 Å². The van der Waals surface area contributed by atoms with Crippen molar-refractivity contribution in [1.82, 2.24) is 5.32 Å². The molecular weight excluding hydrogens is 148 g/mol. The average Bonchev–Trinajstić information content (AvgIpc) is 2.08. The highest BCUT2D eigenvalue weighted by Crippen LogP contribution is 1.99. The fraction of sp³-hybridized carbons (Fsp3) is 1.00. The zero-order chi connectivity index (χ0) is 8.74. The first-order valence-electron chi connectivity index (χ1n) is 3.52. The second-order valence-corrected chi connectivity index (χ2v) is 2.47. The molecule has 0 aromatic heterocycles. The zero-order valence-electron chi connectivity index (χ0n) is 6.45. The number of rotatable bonds is 6. The van der Waals surface area contributed by atoms with Crippen LogP contribution < -0.4 is 11.1 Å². The number of nitrogens with two attached hydrogens (primary N) is 1. The molecule has 5 nitrogen and oxygen atoms in total. The van der Waals surface area contributed by atoms with E-state index < -0.39 is 5.54 Å². The maximum Gasteiger partial charge on any atom is 0.0882 e. The molecular formula is C6H16N2O3. The maximum absolute atomic E-state index is 8.78. The Morgan fingerprint density at radius 1 is 1.09 bits per heavy atom. The van der Waals surface area contributed by atoms with Crippen molar-refractivity contribution in [2.24, 2.45) is 5.73 Å². The smallest absolute Gasteiger partial charge is 0.0882 e. The van der Waals surface area contributed by atoms with Crippen LogP contribution in [0.3, 0.4) is 0 Å². The largest absolute Gasteiger partial charge is 0.394 e. The highest BCUT2D eigenvalue weighted by molar-refractivity contribution is 4.85. The average molecular weight is 164 g/mol. The first kappa shape index (κ1) is 10.8. The Balaban J connectivity index is 3.84. The summed E-state index contributed by atoms with van der Waals surface area (Å²) in [4.78, 5) is 0. The molecule has 0 aromatic rings. The molecule has 0 amide bonds. The van der Waals surface area contributed by atoms with E-state index in [0.29, 0.717) is 13.1 Å². The summed E-state index contributed by atoms with van der Waals surface area (Å²) < 4.78 is 0. The van der Waals surface area contributed by atoms with Crippen molar-refractivity contribution in [3.05, 3.63) is 0 Å². The van der Waals surface area contributed by atoms with E-state index in [9.17, 15) is 0 Å². The fourth-order valence-corrected chi connectivity index (χ4v) is 0.655. The second-order valence-electron chi connectivity index (χ2n) is 2.47. The topological polar surface area (TPSA) is 98.7 Å². The molecule has 0 saturated heterocycles. The lowest BCUT2D eigenvalue weighted by Gasteiger charge is -2.28. The Labute approximate surface area is 65.8 Å². The normalized spacial score (nSPS) is 12.0. The molecule has 0 radical (unpaired) electrons. The predicted octanol–water partition coefficient (Wildman–Crippen LogP) is -2.75. The van der Waals surface area contributed by atoms with Gasteiger partial charge in [-0.15, -0.1) is 0 Å². The van der Waals surface area contributed by atoms with Crippen LogP contribution in [0.5, 0.6) is 0 Å². The third kappa shape index (κ3) is 3.13. The van der Waals surface area contributed by atoms with Crippen molar-refractivity contribution in [3.8, 4) is 0 Å². The van der Waals surface area contributed by atoms with Gasteiger partial charge in [-0.3, -0.25) is 0 Å². The van der Waals surface area contributed by atoms with Crippen LogP contribution in [0.1, 0.15) is 0 Å². The lowest BCUT2D eigenvalue weighted by atomic mass is 10.0. The number of nitrogens with one attached hydrogen (secondary N) is 1. The standard InChI is InChI=1S/C6H16N2O3/c7-1-2-8-6(3-9,4-10)5-11/h8-11H,1-5,7H2. The summed E-state index contributed by atoms with van der Waals surface area (Å²) in [5, 5.41) is 29.1. The number of aliphatic hydroxyl groups excluding tert-OH is 3. The van der Waals surface area contributed by atoms with E-state index in [1.807, 2.05) is 0 Å².